The molecule has 0 aliphatic carbocycles. The van der Waals surface area contributed by atoms with Gasteiger partial charge in [-0.2, -0.15) is 10.2 Å². The maximum Gasteiger partial charge on any atom is 0.276 e. The van der Waals surface area contributed by atoms with Crippen molar-refractivity contribution in [2.45, 2.75) is 19.8 Å². The minimum atomic E-state index is -0.252. The number of carbonyl (C=O) groups excluding carboxylic acids is 1. The van der Waals surface area contributed by atoms with Crippen LogP contribution in [-0.2, 0) is 0 Å². The van der Waals surface area contributed by atoms with E-state index in [4.69, 9.17) is 0 Å². The van der Waals surface area contributed by atoms with Gasteiger partial charge < -0.3 is 5.32 Å². The Morgan fingerprint density at radius 1 is 1.23 bits per heavy atom. The molecule has 7 heteroatoms. The molecule has 3 rings (SSSR count). The number of carbonyl (C=O) groups is 1. The van der Waals surface area contributed by atoms with Crippen molar-refractivity contribution in [2.24, 2.45) is 0 Å². The third-order valence-electron chi connectivity index (χ3n) is 3.26. The molecule has 0 fully saturated rings. The van der Waals surface area contributed by atoms with E-state index in [-0.39, 0.29) is 5.91 Å². The van der Waals surface area contributed by atoms with Crippen LogP contribution in [0.2, 0.25) is 0 Å². The van der Waals surface area contributed by atoms with Gasteiger partial charge in [-0.15, -0.1) is 0 Å². The molecule has 0 aliphatic heterocycles. The van der Waals surface area contributed by atoms with E-state index in [1.807, 2.05) is 38.1 Å². The van der Waals surface area contributed by atoms with Gasteiger partial charge in [-0.05, 0) is 24.1 Å². The first-order valence-corrected chi connectivity index (χ1v) is 6.96. The highest BCUT2D eigenvalue weighted by Crippen LogP contribution is 2.19. The topological polar surface area (TPSA) is 99.3 Å². The summed E-state index contributed by atoms with van der Waals surface area (Å²) in [5.74, 6) is 0.694. The van der Waals surface area contributed by atoms with Crippen LogP contribution in [0.1, 0.15) is 35.9 Å². The van der Waals surface area contributed by atoms with Crippen molar-refractivity contribution in [1.29, 1.82) is 0 Å². The van der Waals surface area contributed by atoms with E-state index >= 15 is 0 Å². The van der Waals surface area contributed by atoms with Gasteiger partial charge in [0, 0.05) is 16.9 Å². The molecule has 0 aliphatic rings. The van der Waals surface area contributed by atoms with Gasteiger partial charge in [0.15, 0.2) is 11.5 Å². The smallest absolute Gasteiger partial charge is 0.276 e. The zero-order valence-corrected chi connectivity index (χ0v) is 12.3. The van der Waals surface area contributed by atoms with Gasteiger partial charge in [0.05, 0.1) is 0 Å². The van der Waals surface area contributed by atoms with Crippen LogP contribution in [0, 0.1) is 0 Å². The van der Waals surface area contributed by atoms with Crippen LogP contribution in [0.4, 0.5) is 5.69 Å². The average Bonchev–Trinajstić information content (AvgIpc) is 3.19. The van der Waals surface area contributed by atoms with Crippen molar-refractivity contribution in [3.05, 3.63) is 48.0 Å². The molecule has 112 valence electrons. The summed E-state index contributed by atoms with van der Waals surface area (Å²) in [7, 11) is 0. The molecule has 2 heterocycles. The van der Waals surface area contributed by atoms with E-state index < -0.39 is 0 Å². The number of H-pyrrole nitrogens is 2. The molecule has 3 N–H and O–H groups in total. The number of hydrogen-bond donors (Lipinski definition) is 3. The molecule has 22 heavy (non-hydrogen) atoms. The molecular formula is C15H16N6O. The number of rotatable bonds is 4. The molecule has 0 radical (unpaired) electrons. The Hall–Kier alpha value is -2.96. The van der Waals surface area contributed by atoms with Gasteiger partial charge in [-0.3, -0.25) is 15.0 Å². The monoisotopic (exact) mass is 296 g/mol. The highest BCUT2D eigenvalue weighted by molar-refractivity contribution is 6.03. The quantitative estimate of drug-likeness (QED) is 0.689. The van der Waals surface area contributed by atoms with Crippen molar-refractivity contribution < 1.29 is 4.79 Å². The van der Waals surface area contributed by atoms with Crippen LogP contribution >= 0.6 is 0 Å². The number of aromatic nitrogens is 5. The molecule has 0 atom stereocenters. The van der Waals surface area contributed by atoms with E-state index in [1.165, 1.54) is 6.33 Å². The molecular weight excluding hydrogens is 280 g/mol. The van der Waals surface area contributed by atoms with Crippen molar-refractivity contribution in [1.82, 2.24) is 25.4 Å². The number of hydrogen-bond acceptors (Lipinski definition) is 4. The molecule has 0 spiro atoms. The molecule has 1 aromatic carbocycles. The molecule has 0 saturated heterocycles. The van der Waals surface area contributed by atoms with Crippen molar-refractivity contribution in [3.63, 3.8) is 0 Å². The highest BCUT2D eigenvalue weighted by Gasteiger charge is 2.12. The van der Waals surface area contributed by atoms with Gasteiger partial charge in [0.1, 0.15) is 6.33 Å². The van der Waals surface area contributed by atoms with Crippen LogP contribution in [0.3, 0.4) is 0 Å². The maximum atomic E-state index is 12.2. The largest absolute Gasteiger partial charge is 0.321 e. The lowest BCUT2D eigenvalue weighted by molar-refractivity contribution is 0.102. The Morgan fingerprint density at radius 2 is 2.09 bits per heavy atom. The Labute approximate surface area is 127 Å². The molecule has 0 bridgehead atoms. The predicted octanol–water partition coefficient (Wildman–Crippen LogP) is 2.57. The molecule has 1 amide bonds. The third-order valence-corrected chi connectivity index (χ3v) is 3.26. The fraction of sp³-hybridized carbons (Fsp3) is 0.200. The fourth-order valence-electron chi connectivity index (χ4n) is 2.03. The summed E-state index contributed by atoms with van der Waals surface area (Å²) < 4.78 is 0. The van der Waals surface area contributed by atoms with E-state index in [1.54, 1.807) is 6.07 Å². The Morgan fingerprint density at radius 3 is 2.77 bits per heavy atom. The second kappa shape index (κ2) is 5.80. The van der Waals surface area contributed by atoms with E-state index in [0.29, 0.717) is 23.1 Å². The van der Waals surface area contributed by atoms with E-state index in [9.17, 15) is 4.79 Å². The number of nitrogens with zero attached hydrogens (tertiary/aromatic N) is 3. The second-order valence-corrected chi connectivity index (χ2v) is 5.23. The molecule has 2 aromatic heterocycles. The van der Waals surface area contributed by atoms with Crippen molar-refractivity contribution >= 4 is 11.6 Å². The third kappa shape index (κ3) is 2.88. The SMILES string of the molecule is CC(C)c1cc(C(=O)Nc2cccc(-c3ncn[nH]3)c2)n[nH]1. The summed E-state index contributed by atoms with van der Waals surface area (Å²) in [5.41, 5.74) is 2.82. The zero-order chi connectivity index (χ0) is 15.5. The summed E-state index contributed by atoms with van der Waals surface area (Å²) in [6.45, 7) is 4.08. The lowest BCUT2D eigenvalue weighted by atomic mass is 10.1. The first-order chi connectivity index (χ1) is 10.6. The summed E-state index contributed by atoms with van der Waals surface area (Å²) in [6.07, 6.45) is 1.44. The number of amides is 1. The number of nitrogens with one attached hydrogen (secondary N) is 3. The number of anilines is 1. The van der Waals surface area contributed by atoms with Crippen LogP contribution in [0.5, 0.6) is 0 Å². The van der Waals surface area contributed by atoms with E-state index in [2.05, 4.69) is 30.7 Å². The minimum Gasteiger partial charge on any atom is -0.321 e. The predicted molar refractivity (Wildman–Crippen MR) is 82.4 cm³/mol. The van der Waals surface area contributed by atoms with Gasteiger partial charge in [0.2, 0.25) is 0 Å². The molecule has 7 nitrogen and oxygen atoms in total. The lowest BCUT2D eigenvalue weighted by Crippen LogP contribution is -2.12. The van der Waals surface area contributed by atoms with E-state index in [0.717, 1.165) is 11.3 Å². The molecule has 0 saturated carbocycles. The highest BCUT2D eigenvalue weighted by atomic mass is 16.1. The summed E-state index contributed by atoms with van der Waals surface area (Å²) in [4.78, 5) is 16.3. The second-order valence-electron chi connectivity index (χ2n) is 5.23. The molecule has 3 aromatic rings. The Bertz CT molecular complexity index is 775. The van der Waals surface area contributed by atoms with Crippen molar-refractivity contribution in [3.8, 4) is 11.4 Å². The number of aromatic amines is 2. The zero-order valence-electron chi connectivity index (χ0n) is 12.3. The summed E-state index contributed by atoms with van der Waals surface area (Å²) >= 11 is 0. The lowest BCUT2D eigenvalue weighted by Gasteiger charge is -2.04. The number of benzene rings is 1. The summed E-state index contributed by atoms with van der Waals surface area (Å²) in [6, 6.07) is 9.14. The van der Waals surface area contributed by atoms with Crippen molar-refractivity contribution in [2.75, 3.05) is 5.32 Å². The first-order valence-electron chi connectivity index (χ1n) is 6.96. The normalized spacial score (nSPS) is 10.9. The first kappa shape index (κ1) is 14.0. The molecule has 0 unspecified atom stereocenters. The van der Waals surface area contributed by atoms with Crippen LogP contribution < -0.4 is 5.32 Å². The Balaban J connectivity index is 1.77. The van der Waals surface area contributed by atoms with Crippen LogP contribution in [-0.4, -0.2) is 31.3 Å². The minimum absolute atomic E-state index is 0.252. The maximum absolute atomic E-state index is 12.2. The average molecular weight is 296 g/mol. The van der Waals surface area contributed by atoms with Gasteiger partial charge in [-0.25, -0.2) is 4.98 Å². The van der Waals surface area contributed by atoms with Crippen LogP contribution in [0.25, 0.3) is 11.4 Å². The van der Waals surface area contributed by atoms with Gasteiger partial charge in [0.25, 0.3) is 5.91 Å². The van der Waals surface area contributed by atoms with Gasteiger partial charge in [-0.1, -0.05) is 26.0 Å². The van der Waals surface area contributed by atoms with Gasteiger partial charge >= 0.3 is 0 Å². The Kier molecular flexibility index (Phi) is 3.69. The fourth-order valence-corrected chi connectivity index (χ4v) is 2.03. The summed E-state index contributed by atoms with van der Waals surface area (Å²) in [5, 5.41) is 16.3. The standard InChI is InChI=1S/C15H16N6O/c1-9(2)12-7-13(20-19-12)15(22)18-11-5-3-4-10(6-11)14-16-8-17-21-14/h3-9H,1-2H3,(H,18,22)(H,19,20)(H,16,17,21). The van der Waals surface area contributed by atoms with Crippen LogP contribution in [0.15, 0.2) is 36.7 Å².